The van der Waals surface area contributed by atoms with Crippen LogP contribution < -0.4 is 5.73 Å². The Morgan fingerprint density at radius 3 is 2.50 bits per heavy atom. The van der Waals surface area contributed by atoms with Gasteiger partial charge in [-0.1, -0.05) is 12.8 Å². The maximum absolute atomic E-state index is 6.08. The van der Waals surface area contributed by atoms with Crippen LogP contribution in [-0.2, 0) is 12.8 Å². The molecule has 16 heavy (non-hydrogen) atoms. The average Bonchev–Trinajstić information content (AvgIpc) is 2.40. The number of rotatable bonds is 1. The van der Waals surface area contributed by atoms with E-state index in [1.165, 1.54) is 49.8 Å². The van der Waals surface area contributed by atoms with Gasteiger partial charge in [0.1, 0.15) is 11.6 Å². The standard InChI is InChI=1S/C13H19N3/c14-12-10-7-2-1-3-8-11(10)15-13(16-12)9-5-4-6-9/h9H,1-8H2,(H2,14,15,16). The van der Waals surface area contributed by atoms with Gasteiger partial charge in [-0.3, -0.25) is 0 Å². The van der Waals surface area contributed by atoms with Crippen LogP contribution in [-0.4, -0.2) is 9.97 Å². The number of fused-ring (bicyclic) bond motifs is 1. The molecular formula is C13H19N3. The van der Waals surface area contributed by atoms with Gasteiger partial charge in [-0.25, -0.2) is 9.97 Å². The van der Waals surface area contributed by atoms with E-state index in [9.17, 15) is 0 Å². The predicted molar refractivity (Wildman–Crippen MR) is 64.3 cm³/mol. The first-order valence-corrected chi connectivity index (χ1v) is 6.50. The average molecular weight is 217 g/mol. The van der Waals surface area contributed by atoms with Crippen molar-refractivity contribution in [1.82, 2.24) is 9.97 Å². The van der Waals surface area contributed by atoms with Gasteiger partial charge >= 0.3 is 0 Å². The van der Waals surface area contributed by atoms with E-state index in [0.29, 0.717) is 5.92 Å². The zero-order chi connectivity index (χ0) is 11.0. The van der Waals surface area contributed by atoms with Crippen molar-refractivity contribution in [3.05, 3.63) is 17.1 Å². The van der Waals surface area contributed by atoms with Gasteiger partial charge in [-0.15, -0.1) is 0 Å². The SMILES string of the molecule is Nc1nc(C2CCC2)nc2c1CCCCC2. The third-order valence-corrected chi connectivity index (χ3v) is 3.95. The number of anilines is 1. The molecule has 1 saturated carbocycles. The van der Waals surface area contributed by atoms with Crippen molar-refractivity contribution < 1.29 is 0 Å². The van der Waals surface area contributed by atoms with Gasteiger partial charge in [0, 0.05) is 17.2 Å². The first-order valence-electron chi connectivity index (χ1n) is 6.50. The molecule has 1 aromatic heterocycles. The number of nitrogens with two attached hydrogens (primary N) is 1. The van der Waals surface area contributed by atoms with Crippen LogP contribution in [0.25, 0.3) is 0 Å². The number of hydrogen-bond acceptors (Lipinski definition) is 3. The normalized spacial score (nSPS) is 21.0. The minimum atomic E-state index is 0.593. The van der Waals surface area contributed by atoms with E-state index in [2.05, 4.69) is 4.98 Å². The van der Waals surface area contributed by atoms with Crippen LogP contribution in [0.5, 0.6) is 0 Å². The highest BCUT2D eigenvalue weighted by atomic mass is 15.0. The molecule has 3 nitrogen and oxygen atoms in total. The lowest BCUT2D eigenvalue weighted by molar-refractivity contribution is 0.400. The maximum atomic E-state index is 6.08. The minimum Gasteiger partial charge on any atom is -0.383 e. The number of nitrogens with zero attached hydrogens (tertiary/aromatic N) is 2. The van der Waals surface area contributed by atoms with E-state index >= 15 is 0 Å². The zero-order valence-corrected chi connectivity index (χ0v) is 9.71. The molecule has 0 aliphatic heterocycles. The maximum Gasteiger partial charge on any atom is 0.134 e. The Morgan fingerprint density at radius 1 is 0.938 bits per heavy atom. The van der Waals surface area contributed by atoms with Crippen molar-refractivity contribution in [3.63, 3.8) is 0 Å². The fourth-order valence-corrected chi connectivity index (χ4v) is 2.67. The van der Waals surface area contributed by atoms with Crippen LogP contribution >= 0.6 is 0 Å². The molecule has 1 aromatic rings. The van der Waals surface area contributed by atoms with Gasteiger partial charge < -0.3 is 5.73 Å². The highest BCUT2D eigenvalue weighted by molar-refractivity contribution is 5.43. The monoisotopic (exact) mass is 217 g/mol. The highest BCUT2D eigenvalue weighted by Crippen LogP contribution is 2.35. The van der Waals surface area contributed by atoms with E-state index in [4.69, 9.17) is 10.7 Å². The molecule has 2 aliphatic carbocycles. The molecule has 0 aromatic carbocycles. The van der Waals surface area contributed by atoms with Gasteiger partial charge in [0.15, 0.2) is 0 Å². The number of nitrogen functional groups attached to an aromatic ring is 1. The van der Waals surface area contributed by atoms with Gasteiger partial charge in [-0.2, -0.15) is 0 Å². The second-order valence-electron chi connectivity index (χ2n) is 5.08. The Hall–Kier alpha value is -1.12. The van der Waals surface area contributed by atoms with Crippen LogP contribution in [0.2, 0.25) is 0 Å². The summed E-state index contributed by atoms with van der Waals surface area (Å²) >= 11 is 0. The third-order valence-electron chi connectivity index (χ3n) is 3.95. The molecule has 0 bridgehead atoms. The summed E-state index contributed by atoms with van der Waals surface area (Å²) in [7, 11) is 0. The summed E-state index contributed by atoms with van der Waals surface area (Å²) < 4.78 is 0. The fourth-order valence-electron chi connectivity index (χ4n) is 2.67. The van der Waals surface area contributed by atoms with Crippen molar-refractivity contribution in [2.24, 2.45) is 0 Å². The molecule has 0 radical (unpaired) electrons. The van der Waals surface area contributed by atoms with Crippen molar-refractivity contribution >= 4 is 5.82 Å². The van der Waals surface area contributed by atoms with E-state index in [0.717, 1.165) is 24.5 Å². The number of aromatic nitrogens is 2. The molecule has 86 valence electrons. The quantitative estimate of drug-likeness (QED) is 0.736. The van der Waals surface area contributed by atoms with Gasteiger partial charge in [0.05, 0.1) is 0 Å². The molecule has 0 unspecified atom stereocenters. The Bertz CT molecular complexity index is 396. The van der Waals surface area contributed by atoms with Crippen molar-refractivity contribution in [2.45, 2.75) is 57.3 Å². The zero-order valence-electron chi connectivity index (χ0n) is 9.71. The highest BCUT2D eigenvalue weighted by Gasteiger charge is 2.24. The van der Waals surface area contributed by atoms with Crippen molar-refractivity contribution in [3.8, 4) is 0 Å². The van der Waals surface area contributed by atoms with Gasteiger partial charge in [-0.05, 0) is 38.5 Å². The number of hydrogen-bond donors (Lipinski definition) is 1. The molecule has 2 N–H and O–H groups in total. The molecular weight excluding hydrogens is 198 g/mol. The molecule has 0 spiro atoms. The Balaban J connectivity index is 1.98. The van der Waals surface area contributed by atoms with Crippen molar-refractivity contribution in [2.75, 3.05) is 5.73 Å². The van der Waals surface area contributed by atoms with E-state index in [1.807, 2.05) is 0 Å². The molecule has 1 fully saturated rings. The molecule has 2 aliphatic rings. The first kappa shape index (κ1) is 10.1. The lowest BCUT2D eigenvalue weighted by atomic mass is 9.84. The Labute approximate surface area is 96.5 Å². The largest absolute Gasteiger partial charge is 0.383 e. The summed E-state index contributed by atoms with van der Waals surface area (Å²) in [5.74, 6) is 2.37. The van der Waals surface area contributed by atoms with Crippen LogP contribution in [0.1, 0.15) is 61.5 Å². The summed E-state index contributed by atoms with van der Waals surface area (Å²) in [5.41, 5.74) is 8.56. The van der Waals surface area contributed by atoms with Crippen LogP contribution in [0.3, 0.4) is 0 Å². The van der Waals surface area contributed by atoms with E-state index in [1.54, 1.807) is 0 Å². The summed E-state index contributed by atoms with van der Waals surface area (Å²) in [5, 5.41) is 0. The van der Waals surface area contributed by atoms with E-state index < -0.39 is 0 Å². The molecule has 0 amide bonds. The molecule has 3 rings (SSSR count). The number of aryl methyl sites for hydroxylation is 1. The first-order chi connectivity index (χ1) is 7.84. The summed E-state index contributed by atoms with van der Waals surface area (Å²) in [6, 6.07) is 0. The smallest absolute Gasteiger partial charge is 0.134 e. The molecule has 0 saturated heterocycles. The Morgan fingerprint density at radius 2 is 1.75 bits per heavy atom. The third kappa shape index (κ3) is 1.68. The summed E-state index contributed by atoms with van der Waals surface area (Å²) in [4.78, 5) is 9.28. The minimum absolute atomic E-state index is 0.593. The van der Waals surface area contributed by atoms with E-state index in [-0.39, 0.29) is 0 Å². The predicted octanol–water partition coefficient (Wildman–Crippen LogP) is 2.60. The lowest BCUT2D eigenvalue weighted by Crippen LogP contribution is -2.16. The second kappa shape index (κ2) is 4.04. The molecule has 3 heteroatoms. The van der Waals surface area contributed by atoms with Crippen LogP contribution in [0.15, 0.2) is 0 Å². The van der Waals surface area contributed by atoms with Crippen molar-refractivity contribution in [1.29, 1.82) is 0 Å². The van der Waals surface area contributed by atoms with Crippen LogP contribution in [0.4, 0.5) is 5.82 Å². The van der Waals surface area contributed by atoms with Crippen LogP contribution in [0, 0.1) is 0 Å². The van der Waals surface area contributed by atoms with Gasteiger partial charge in [0.25, 0.3) is 0 Å². The topological polar surface area (TPSA) is 51.8 Å². The summed E-state index contributed by atoms with van der Waals surface area (Å²) in [6.07, 6.45) is 9.79. The fraction of sp³-hybridized carbons (Fsp3) is 0.692. The Kier molecular flexibility index (Phi) is 2.54. The second-order valence-corrected chi connectivity index (χ2v) is 5.08. The summed E-state index contributed by atoms with van der Waals surface area (Å²) in [6.45, 7) is 0. The molecule has 1 heterocycles. The van der Waals surface area contributed by atoms with Gasteiger partial charge in [0.2, 0.25) is 0 Å². The lowest BCUT2D eigenvalue weighted by Gasteiger charge is -2.25. The molecule has 0 atom stereocenters.